The van der Waals surface area contributed by atoms with E-state index in [1.165, 1.54) is 6.42 Å². The first-order valence-corrected chi connectivity index (χ1v) is 6.01. The molecule has 0 N–H and O–H groups in total. The highest BCUT2D eigenvalue weighted by Crippen LogP contribution is 2.81. The van der Waals surface area contributed by atoms with Crippen molar-refractivity contribution in [3.05, 3.63) is 0 Å². The Morgan fingerprint density at radius 3 is 2.92 bits per heavy atom. The first-order valence-electron chi connectivity index (χ1n) is 5.07. The molecule has 0 amide bonds. The molecule has 2 bridgehead atoms. The summed E-state index contributed by atoms with van der Waals surface area (Å²) in [6.45, 7) is 0. The van der Waals surface area contributed by atoms with Crippen LogP contribution in [0.1, 0.15) is 6.42 Å². The van der Waals surface area contributed by atoms with Crippen molar-refractivity contribution in [1.29, 1.82) is 0 Å². The largest absolute Gasteiger partial charge is 0.299 e. The van der Waals surface area contributed by atoms with Crippen molar-refractivity contribution < 1.29 is 4.79 Å². The smallest absolute Gasteiger partial charge is 0.141 e. The van der Waals surface area contributed by atoms with Crippen LogP contribution in [0.25, 0.3) is 0 Å². The van der Waals surface area contributed by atoms with E-state index in [0.29, 0.717) is 17.6 Å². The van der Waals surface area contributed by atoms with Gasteiger partial charge in [-0.3, -0.25) is 4.79 Å². The molecule has 12 heavy (non-hydrogen) atoms. The molecule has 2 heteroatoms. The van der Waals surface area contributed by atoms with Gasteiger partial charge in [0.1, 0.15) is 5.78 Å². The van der Waals surface area contributed by atoms with E-state index in [4.69, 9.17) is 0 Å². The summed E-state index contributed by atoms with van der Waals surface area (Å²) in [4.78, 5) is 11.9. The lowest BCUT2D eigenvalue weighted by atomic mass is 9.64. The molecule has 1 saturated heterocycles. The monoisotopic (exact) mass is 178 g/mol. The van der Waals surface area contributed by atoms with Gasteiger partial charge in [-0.2, -0.15) is 11.8 Å². The molecule has 0 aromatic rings. The van der Waals surface area contributed by atoms with Crippen molar-refractivity contribution in [2.45, 2.75) is 16.9 Å². The van der Waals surface area contributed by atoms with Gasteiger partial charge in [-0.1, -0.05) is 0 Å². The Morgan fingerprint density at radius 2 is 2.00 bits per heavy atom. The molecule has 62 valence electrons. The molecule has 1 heterocycles. The normalized spacial score (nSPS) is 79.2. The van der Waals surface area contributed by atoms with E-state index < -0.39 is 0 Å². The number of thioether (sulfide) groups is 1. The first kappa shape index (κ1) is 5.69. The third-order valence-corrected chi connectivity index (χ3v) is 7.21. The van der Waals surface area contributed by atoms with Gasteiger partial charge in [-0.05, 0) is 30.1 Å². The summed E-state index contributed by atoms with van der Waals surface area (Å²) in [6, 6.07) is 0. The van der Waals surface area contributed by atoms with E-state index in [1.807, 2.05) is 0 Å². The lowest BCUT2D eigenvalue weighted by Crippen LogP contribution is -2.46. The molecular weight excluding hydrogens is 168 g/mol. The highest BCUT2D eigenvalue weighted by Gasteiger charge is 2.81. The van der Waals surface area contributed by atoms with Crippen molar-refractivity contribution in [1.82, 2.24) is 0 Å². The second-order valence-electron chi connectivity index (χ2n) is 5.24. The quantitative estimate of drug-likeness (QED) is 0.554. The second-order valence-corrected chi connectivity index (χ2v) is 6.60. The summed E-state index contributed by atoms with van der Waals surface area (Å²) < 4.78 is 0. The van der Waals surface area contributed by atoms with Gasteiger partial charge in [0.15, 0.2) is 0 Å². The van der Waals surface area contributed by atoms with Crippen molar-refractivity contribution in [3.8, 4) is 0 Å². The van der Waals surface area contributed by atoms with E-state index in [-0.39, 0.29) is 0 Å². The van der Waals surface area contributed by atoms with Gasteiger partial charge in [0.05, 0.1) is 0 Å². The zero-order valence-corrected chi connectivity index (χ0v) is 7.46. The van der Waals surface area contributed by atoms with Crippen LogP contribution >= 0.6 is 11.8 Å². The number of carbonyl (C=O) groups excluding carboxylic acids is 1. The number of Topliss-reactive ketones (excluding diaryl/α,β-unsaturated/α-hetero) is 1. The van der Waals surface area contributed by atoms with Crippen LogP contribution in [0.4, 0.5) is 0 Å². The molecule has 0 aromatic carbocycles. The average Bonchev–Trinajstić information content (AvgIpc) is 2.47. The molecule has 5 fully saturated rings. The molecule has 1 aliphatic heterocycles. The van der Waals surface area contributed by atoms with E-state index in [0.717, 1.165) is 34.2 Å². The average molecular weight is 178 g/mol. The molecule has 0 unspecified atom stereocenters. The molecule has 4 saturated carbocycles. The second kappa shape index (κ2) is 1.31. The molecule has 5 aliphatic rings. The van der Waals surface area contributed by atoms with Crippen LogP contribution in [-0.4, -0.2) is 16.3 Å². The Morgan fingerprint density at radius 1 is 1.08 bits per heavy atom. The summed E-state index contributed by atoms with van der Waals surface area (Å²) in [5, 5.41) is 1.61. The Kier molecular flexibility index (Phi) is 0.623. The summed E-state index contributed by atoms with van der Waals surface area (Å²) in [7, 11) is 0. The molecule has 5 rings (SSSR count). The highest BCUT2D eigenvalue weighted by molar-refractivity contribution is 8.01. The van der Waals surface area contributed by atoms with Crippen LogP contribution in [0.15, 0.2) is 0 Å². The fraction of sp³-hybridized carbons (Fsp3) is 0.900. The maximum Gasteiger partial charge on any atom is 0.141 e. The maximum absolute atomic E-state index is 11.9. The summed E-state index contributed by atoms with van der Waals surface area (Å²) >= 11 is 2.19. The van der Waals surface area contributed by atoms with E-state index in [9.17, 15) is 4.79 Å². The fourth-order valence-corrected chi connectivity index (χ4v) is 7.63. The number of fused-ring (bicyclic) bond motifs is 2. The standard InChI is InChI=1S/C10H10OS/c11-8-6-2-1-3-5-4(2)7(8)10(5)12-9(3)6/h2-7,9-10H,1H2/t2-,3+,4+,5-,6-,7+,9-,10-/m0/s1. The number of ketones is 1. The van der Waals surface area contributed by atoms with Crippen LogP contribution in [0.5, 0.6) is 0 Å². The summed E-state index contributed by atoms with van der Waals surface area (Å²) in [5.74, 6) is 5.55. The van der Waals surface area contributed by atoms with Gasteiger partial charge in [0.2, 0.25) is 0 Å². The molecule has 1 nitrogen and oxygen atoms in total. The van der Waals surface area contributed by atoms with Crippen LogP contribution in [-0.2, 0) is 4.79 Å². The lowest BCUT2D eigenvalue weighted by Gasteiger charge is -2.42. The number of carbonyl (C=O) groups is 1. The lowest BCUT2D eigenvalue weighted by molar-refractivity contribution is -0.126. The SMILES string of the molecule is O=C1[C@@H]2[C@H]3C[C@H]4[C@@H]2S[C@@H]2[C@@H]1[C@H]3[C@H]42. The van der Waals surface area contributed by atoms with Crippen LogP contribution in [0.2, 0.25) is 0 Å². The van der Waals surface area contributed by atoms with Crippen LogP contribution in [0.3, 0.4) is 0 Å². The summed E-state index contributed by atoms with van der Waals surface area (Å²) in [5.41, 5.74) is 0. The van der Waals surface area contributed by atoms with E-state index in [1.54, 1.807) is 0 Å². The third-order valence-electron chi connectivity index (χ3n) is 5.33. The molecule has 4 aliphatic carbocycles. The Hall–Kier alpha value is 0.0200. The zero-order chi connectivity index (χ0) is 7.61. The highest BCUT2D eigenvalue weighted by atomic mass is 32.2. The van der Waals surface area contributed by atoms with Crippen molar-refractivity contribution in [2.75, 3.05) is 0 Å². The maximum atomic E-state index is 11.9. The van der Waals surface area contributed by atoms with E-state index >= 15 is 0 Å². The van der Waals surface area contributed by atoms with Crippen LogP contribution < -0.4 is 0 Å². The number of hydrogen-bond donors (Lipinski definition) is 0. The van der Waals surface area contributed by atoms with E-state index in [2.05, 4.69) is 11.8 Å². The van der Waals surface area contributed by atoms with Crippen molar-refractivity contribution >= 4 is 17.5 Å². The van der Waals surface area contributed by atoms with Crippen molar-refractivity contribution in [2.24, 2.45) is 35.5 Å². The first-order chi connectivity index (χ1) is 5.88. The van der Waals surface area contributed by atoms with Gasteiger partial charge in [-0.15, -0.1) is 0 Å². The molecule has 8 atom stereocenters. The number of hydrogen-bond acceptors (Lipinski definition) is 2. The topological polar surface area (TPSA) is 17.1 Å². The fourth-order valence-electron chi connectivity index (χ4n) is 5.22. The van der Waals surface area contributed by atoms with Crippen molar-refractivity contribution in [3.63, 3.8) is 0 Å². The Balaban J connectivity index is 1.91. The minimum atomic E-state index is 0.546. The molecule has 0 spiro atoms. The minimum Gasteiger partial charge on any atom is -0.299 e. The summed E-state index contributed by atoms with van der Waals surface area (Å²) in [6.07, 6.45) is 1.43. The minimum absolute atomic E-state index is 0.546. The van der Waals surface area contributed by atoms with Gasteiger partial charge >= 0.3 is 0 Å². The molecule has 0 aromatic heterocycles. The predicted octanol–water partition coefficient (Wildman–Crippen LogP) is 1.18. The van der Waals surface area contributed by atoms with Gasteiger partial charge in [0, 0.05) is 22.3 Å². The molecule has 0 radical (unpaired) electrons. The van der Waals surface area contributed by atoms with Crippen LogP contribution in [0, 0.1) is 35.5 Å². The zero-order valence-electron chi connectivity index (χ0n) is 6.64. The Labute approximate surface area is 75.3 Å². The van der Waals surface area contributed by atoms with Gasteiger partial charge in [0.25, 0.3) is 0 Å². The van der Waals surface area contributed by atoms with Gasteiger partial charge < -0.3 is 0 Å². The van der Waals surface area contributed by atoms with Gasteiger partial charge in [-0.25, -0.2) is 0 Å². The predicted molar refractivity (Wildman–Crippen MR) is 45.7 cm³/mol. The Bertz CT molecular complexity index is 320. The third kappa shape index (κ3) is 0.301. The molecular formula is C10H10OS. The number of rotatable bonds is 0.